The molecule has 3 aromatic rings. The highest BCUT2D eigenvalue weighted by Gasteiger charge is 2.13. The molecule has 120 valence electrons. The van der Waals surface area contributed by atoms with Crippen LogP contribution in [-0.4, -0.2) is 32.0 Å². The maximum atomic E-state index is 5.82. The predicted molar refractivity (Wildman–Crippen MR) is 90.3 cm³/mol. The van der Waals surface area contributed by atoms with Crippen molar-refractivity contribution in [3.8, 4) is 5.88 Å². The molecule has 8 nitrogen and oxygen atoms in total. The second kappa shape index (κ2) is 5.92. The summed E-state index contributed by atoms with van der Waals surface area (Å²) in [6.07, 6.45) is 0. The largest absolute Gasteiger partial charge is 0.481 e. The first-order valence-corrected chi connectivity index (χ1v) is 7.89. The van der Waals surface area contributed by atoms with Gasteiger partial charge in [0.05, 0.1) is 7.11 Å². The molecule has 23 heavy (non-hydrogen) atoms. The van der Waals surface area contributed by atoms with Gasteiger partial charge in [0.1, 0.15) is 5.52 Å². The number of methoxy groups -OCH3 is 1. The Labute approximate surface area is 137 Å². The van der Waals surface area contributed by atoms with E-state index in [0.29, 0.717) is 28.0 Å². The van der Waals surface area contributed by atoms with E-state index in [9.17, 15) is 0 Å². The second-order valence-electron chi connectivity index (χ2n) is 5.06. The summed E-state index contributed by atoms with van der Waals surface area (Å²) in [5, 5.41) is 0.689. The maximum absolute atomic E-state index is 5.82. The average molecular weight is 331 g/mol. The zero-order valence-corrected chi connectivity index (χ0v) is 13.9. The number of nitrogens with zero attached hydrogens (tertiary/aromatic N) is 4. The summed E-state index contributed by atoms with van der Waals surface area (Å²) in [6, 6.07) is 2.03. The highest BCUT2D eigenvalue weighted by atomic mass is 32.2. The van der Waals surface area contributed by atoms with E-state index in [1.165, 1.54) is 11.8 Å². The molecular formula is C14H17N7OS. The summed E-state index contributed by atoms with van der Waals surface area (Å²) in [7, 11) is 1.62. The molecule has 0 atom stereocenters. The van der Waals surface area contributed by atoms with Crippen molar-refractivity contribution < 1.29 is 4.74 Å². The lowest BCUT2D eigenvalue weighted by Gasteiger charge is -2.10. The van der Waals surface area contributed by atoms with Crippen molar-refractivity contribution in [3.63, 3.8) is 0 Å². The van der Waals surface area contributed by atoms with Crippen molar-refractivity contribution >= 4 is 34.7 Å². The number of anilines is 2. The van der Waals surface area contributed by atoms with Crippen LogP contribution in [0.1, 0.15) is 16.8 Å². The number of ether oxygens (including phenoxy) is 1. The van der Waals surface area contributed by atoms with Gasteiger partial charge in [-0.2, -0.15) is 9.97 Å². The van der Waals surface area contributed by atoms with Crippen molar-refractivity contribution in [2.45, 2.75) is 24.8 Å². The fourth-order valence-corrected chi connectivity index (χ4v) is 3.25. The number of nitrogens with two attached hydrogens (primary N) is 2. The molecule has 0 aliphatic carbocycles. The van der Waals surface area contributed by atoms with Crippen molar-refractivity contribution in [3.05, 3.63) is 22.9 Å². The van der Waals surface area contributed by atoms with Gasteiger partial charge < -0.3 is 21.2 Å². The zero-order valence-electron chi connectivity index (χ0n) is 13.0. The summed E-state index contributed by atoms with van der Waals surface area (Å²) in [5.74, 6) is 1.69. The van der Waals surface area contributed by atoms with Crippen LogP contribution in [-0.2, 0) is 5.75 Å². The van der Waals surface area contributed by atoms with Gasteiger partial charge in [0, 0.05) is 17.0 Å². The minimum absolute atomic E-state index is 0.110. The first-order valence-electron chi connectivity index (χ1n) is 6.90. The summed E-state index contributed by atoms with van der Waals surface area (Å²) in [4.78, 5) is 19.9. The number of pyridine rings is 1. The summed E-state index contributed by atoms with van der Waals surface area (Å²) in [5.41, 5.74) is 15.5. The number of nitrogens with one attached hydrogen (secondary N) is 1. The molecule has 3 rings (SSSR count). The van der Waals surface area contributed by atoms with Crippen LogP contribution in [0.5, 0.6) is 5.88 Å². The Morgan fingerprint density at radius 1 is 1.17 bits per heavy atom. The Morgan fingerprint density at radius 3 is 2.70 bits per heavy atom. The van der Waals surface area contributed by atoms with E-state index in [0.717, 1.165) is 16.8 Å². The number of imidazole rings is 1. The summed E-state index contributed by atoms with van der Waals surface area (Å²) < 4.78 is 5.38. The van der Waals surface area contributed by atoms with Gasteiger partial charge in [0.25, 0.3) is 0 Å². The number of aromatic nitrogens is 5. The SMILES string of the molecule is COc1nc(C)cc(C)c1CSc1nc2nc(N)nc(N)c2[nH]1. The number of rotatable bonds is 4. The third kappa shape index (κ3) is 3.00. The second-order valence-corrected chi connectivity index (χ2v) is 6.03. The number of hydrogen-bond donors (Lipinski definition) is 3. The van der Waals surface area contributed by atoms with E-state index >= 15 is 0 Å². The van der Waals surface area contributed by atoms with Gasteiger partial charge in [0.15, 0.2) is 16.6 Å². The smallest absolute Gasteiger partial charge is 0.224 e. The van der Waals surface area contributed by atoms with Crippen LogP contribution in [0.2, 0.25) is 0 Å². The maximum Gasteiger partial charge on any atom is 0.224 e. The van der Waals surface area contributed by atoms with Crippen LogP contribution >= 0.6 is 11.8 Å². The van der Waals surface area contributed by atoms with E-state index in [-0.39, 0.29) is 11.8 Å². The fourth-order valence-electron chi connectivity index (χ4n) is 2.30. The standard InChI is InChI=1S/C14H17N7OS/c1-6-4-7(2)17-12(22-3)8(6)5-23-14-18-9-10(15)19-13(16)20-11(9)21-14/h4H,5H2,1-3H3,(H5,15,16,18,19,20,21). The van der Waals surface area contributed by atoms with E-state index < -0.39 is 0 Å². The molecule has 0 fully saturated rings. The number of aromatic amines is 1. The van der Waals surface area contributed by atoms with Crippen molar-refractivity contribution in [2.75, 3.05) is 18.6 Å². The molecule has 0 radical (unpaired) electrons. The number of nitrogen functional groups attached to an aromatic ring is 2. The van der Waals surface area contributed by atoms with Crippen molar-refractivity contribution in [1.82, 2.24) is 24.9 Å². The quantitative estimate of drug-likeness (QED) is 0.618. The third-order valence-electron chi connectivity index (χ3n) is 3.36. The molecule has 0 aliphatic rings. The van der Waals surface area contributed by atoms with E-state index in [1.54, 1.807) is 7.11 Å². The molecule has 0 saturated heterocycles. The highest BCUT2D eigenvalue weighted by Crippen LogP contribution is 2.29. The number of H-pyrrole nitrogens is 1. The Bertz CT molecular complexity index is 877. The van der Waals surface area contributed by atoms with Gasteiger partial charge in [-0.05, 0) is 25.5 Å². The minimum Gasteiger partial charge on any atom is -0.481 e. The molecule has 0 saturated carbocycles. The summed E-state index contributed by atoms with van der Waals surface area (Å²) >= 11 is 1.51. The van der Waals surface area contributed by atoms with Gasteiger partial charge in [-0.1, -0.05) is 11.8 Å². The minimum atomic E-state index is 0.110. The van der Waals surface area contributed by atoms with Gasteiger partial charge in [0.2, 0.25) is 11.8 Å². The molecule has 0 aromatic carbocycles. The molecule has 0 amide bonds. The third-order valence-corrected chi connectivity index (χ3v) is 4.26. The molecular weight excluding hydrogens is 314 g/mol. The monoisotopic (exact) mass is 331 g/mol. The molecule has 0 bridgehead atoms. The zero-order chi connectivity index (χ0) is 16.6. The van der Waals surface area contributed by atoms with Crippen LogP contribution in [0.3, 0.4) is 0 Å². The van der Waals surface area contributed by atoms with Gasteiger partial charge >= 0.3 is 0 Å². The first kappa shape index (κ1) is 15.3. The lowest BCUT2D eigenvalue weighted by molar-refractivity contribution is 0.392. The number of hydrogen-bond acceptors (Lipinski definition) is 8. The van der Waals surface area contributed by atoms with Gasteiger partial charge in [-0.15, -0.1) is 0 Å². The van der Waals surface area contributed by atoms with E-state index in [2.05, 4.69) is 24.9 Å². The van der Waals surface area contributed by atoms with Crippen LogP contribution < -0.4 is 16.2 Å². The Balaban J connectivity index is 1.88. The van der Waals surface area contributed by atoms with Crippen LogP contribution in [0.4, 0.5) is 11.8 Å². The van der Waals surface area contributed by atoms with Crippen molar-refractivity contribution in [2.24, 2.45) is 0 Å². The molecule has 5 N–H and O–H groups in total. The lowest BCUT2D eigenvalue weighted by atomic mass is 10.1. The van der Waals surface area contributed by atoms with Crippen LogP contribution in [0.25, 0.3) is 11.2 Å². The lowest BCUT2D eigenvalue weighted by Crippen LogP contribution is -1.99. The van der Waals surface area contributed by atoms with E-state index in [4.69, 9.17) is 16.2 Å². The fraction of sp³-hybridized carbons (Fsp3) is 0.286. The predicted octanol–water partition coefficient (Wildman–Crippen LogP) is 1.83. The Kier molecular flexibility index (Phi) is 3.95. The van der Waals surface area contributed by atoms with Crippen LogP contribution in [0, 0.1) is 13.8 Å². The summed E-state index contributed by atoms with van der Waals surface area (Å²) in [6.45, 7) is 3.98. The molecule has 0 aliphatic heterocycles. The molecule has 0 unspecified atom stereocenters. The van der Waals surface area contributed by atoms with Crippen molar-refractivity contribution in [1.29, 1.82) is 0 Å². The molecule has 0 spiro atoms. The average Bonchev–Trinajstić information content (AvgIpc) is 2.88. The molecule has 9 heteroatoms. The molecule has 3 aromatic heterocycles. The van der Waals surface area contributed by atoms with E-state index in [1.807, 2.05) is 19.9 Å². The number of thioether (sulfide) groups is 1. The first-order chi connectivity index (χ1) is 11.0. The number of fused-ring (bicyclic) bond motifs is 1. The van der Waals surface area contributed by atoms with Gasteiger partial charge in [-0.25, -0.2) is 9.97 Å². The normalized spacial score (nSPS) is 11.1. The highest BCUT2D eigenvalue weighted by molar-refractivity contribution is 7.98. The number of aryl methyl sites for hydroxylation is 2. The molecule has 3 heterocycles. The van der Waals surface area contributed by atoms with Crippen LogP contribution in [0.15, 0.2) is 11.2 Å². The topological polar surface area (TPSA) is 129 Å². The Morgan fingerprint density at radius 2 is 1.96 bits per heavy atom. The Hall–Kier alpha value is -2.55. The van der Waals surface area contributed by atoms with Gasteiger partial charge in [-0.3, -0.25) is 0 Å².